The van der Waals surface area contributed by atoms with Crippen molar-refractivity contribution in [3.8, 4) is 0 Å². The molecular weight excluding hydrogens is 344 g/mol. The SMILES string of the molecule is CCOC(=O)CN(CCC(=O)N1CCN(c2ccccn2)CC1)CC(C)C. The minimum absolute atomic E-state index is 0.147. The monoisotopic (exact) mass is 376 g/mol. The van der Waals surface area contributed by atoms with Crippen LogP contribution in [0.1, 0.15) is 27.2 Å². The molecule has 7 nitrogen and oxygen atoms in total. The highest BCUT2D eigenvalue weighted by Gasteiger charge is 2.22. The molecule has 150 valence electrons. The molecule has 1 aliphatic rings. The molecule has 0 N–H and O–H groups in total. The third kappa shape index (κ3) is 7.17. The summed E-state index contributed by atoms with van der Waals surface area (Å²) in [6.07, 6.45) is 2.22. The Labute approximate surface area is 162 Å². The first kappa shape index (κ1) is 21.2. The van der Waals surface area contributed by atoms with Crippen LogP contribution in [0, 0.1) is 5.92 Å². The van der Waals surface area contributed by atoms with E-state index in [1.165, 1.54) is 0 Å². The van der Waals surface area contributed by atoms with E-state index in [4.69, 9.17) is 4.74 Å². The van der Waals surface area contributed by atoms with Crippen LogP contribution in [0.2, 0.25) is 0 Å². The minimum Gasteiger partial charge on any atom is -0.465 e. The fourth-order valence-corrected chi connectivity index (χ4v) is 3.28. The average Bonchev–Trinajstić information content (AvgIpc) is 2.66. The molecule has 2 rings (SSSR count). The molecule has 0 radical (unpaired) electrons. The molecule has 1 aromatic heterocycles. The van der Waals surface area contributed by atoms with Crippen LogP contribution in [0.25, 0.3) is 0 Å². The molecule has 1 aliphatic heterocycles. The predicted molar refractivity (Wildman–Crippen MR) is 106 cm³/mol. The van der Waals surface area contributed by atoms with Gasteiger partial charge in [-0.1, -0.05) is 19.9 Å². The number of piperazine rings is 1. The molecule has 0 aromatic carbocycles. The van der Waals surface area contributed by atoms with E-state index >= 15 is 0 Å². The zero-order valence-electron chi connectivity index (χ0n) is 16.8. The van der Waals surface area contributed by atoms with E-state index in [0.717, 1.165) is 25.5 Å². The van der Waals surface area contributed by atoms with Crippen LogP contribution < -0.4 is 4.90 Å². The minimum atomic E-state index is -0.227. The number of esters is 1. The molecule has 0 unspecified atom stereocenters. The Hall–Kier alpha value is -2.15. The van der Waals surface area contributed by atoms with Crippen LogP contribution in [0.3, 0.4) is 0 Å². The molecule has 1 saturated heterocycles. The van der Waals surface area contributed by atoms with Crippen molar-refractivity contribution in [3.05, 3.63) is 24.4 Å². The van der Waals surface area contributed by atoms with Gasteiger partial charge in [-0.15, -0.1) is 0 Å². The lowest BCUT2D eigenvalue weighted by Gasteiger charge is -2.35. The quantitative estimate of drug-likeness (QED) is 0.611. The molecule has 1 aromatic rings. The van der Waals surface area contributed by atoms with Gasteiger partial charge < -0.3 is 14.5 Å². The molecule has 7 heteroatoms. The maximum Gasteiger partial charge on any atom is 0.320 e. The fourth-order valence-electron chi connectivity index (χ4n) is 3.28. The molecule has 0 bridgehead atoms. The second-order valence-electron chi connectivity index (χ2n) is 7.24. The Kier molecular flexibility index (Phi) is 8.51. The van der Waals surface area contributed by atoms with Gasteiger partial charge in [0, 0.05) is 51.9 Å². The first-order valence-corrected chi connectivity index (χ1v) is 9.81. The van der Waals surface area contributed by atoms with Gasteiger partial charge in [0.2, 0.25) is 5.91 Å². The number of hydrogen-bond donors (Lipinski definition) is 0. The van der Waals surface area contributed by atoms with Gasteiger partial charge in [-0.2, -0.15) is 0 Å². The molecular formula is C20H32N4O3. The van der Waals surface area contributed by atoms with E-state index in [9.17, 15) is 9.59 Å². The number of hydrogen-bond acceptors (Lipinski definition) is 6. The molecule has 0 aliphatic carbocycles. The lowest BCUT2D eigenvalue weighted by atomic mass is 10.2. The topological polar surface area (TPSA) is 66.0 Å². The van der Waals surface area contributed by atoms with Gasteiger partial charge in [-0.3, -0.25) is 14.5 Å². The van der Waals surface area contributed by atoms with Gasteiger partial charge in [-0.25, -0.2) is 4.98 Å². The summed E-state index contributed by atoms with van der Waals surface area (Å²) in [6, 6.07) is 5.88. The smallest absolute Gasteiger partial charge is 0.320 e. The van der Waals surface area contributed by atoms with E-state index in [-0.39, 0.29) is 18.4 Å². The zero-order chi connectivity index (χ0) is 19.6. The largest absolute Gasteiger partial charge is 0.465 e. The number of nitrogens with zero attached hydrogens (tertiary/aromatic N) is 4. The second-order valence-corrected chi connectivity index (χ2v) is 7.24. The third-order valence-corrected chi connectivity index (χ3v) is 4.53. The molecule has 0 saturated carbocycles. The van der Waals surface area contributed by atoms with E-state index in [1.807, 2.05) is 28.0 Å². The highest BCUT2D eigenvalue weighted by molar-refractivity contribution is 5.77. The maximum absolute atomic E-state index is 12.6. The van der Waals surface area contributed by atoms with Crippen LogP contribution in [0.15, 0.2) is 24.4 Å². The molecule has 1 amide bonds. The predicted octanol–water partition coefficient (Wildman–Crippen LogP) is 1.64. The Morgan fingerprint density at radius 1 is 1.22 bits per heavy atom. The highest BCUT2D eigenvalue weighted by atomic mass is 16.5. The summed E-state index contributed by atoms with van der Waals surface area (Å²) in [4.78, 5) is 34.9. The summed E-state index contributed by atoms with van der Waals surface area (Å²) in [5.74, 6) is 1.31. The fraction of sp³-hybridized carbons (Fsp3) is 0.650. The highest BCUT2D eigenvalue weighted by Crippen LogP contribution is 2.13. The Morgan fingerprint density at radius 3 is 2.56 bits per heavy atom. The number of rotatable bonds is 9. The Bertz CT molecular complexity index is 586. The molecule has 27 heavy (non-hydrogen) atoms. The zero-order valence-corrected chi connectivity index (χ0v) is 16.8. The van der Waals surface area contributed by atoms with Gasteiger partial charge in [-0.05, 0) is 25.0 Å². The Morgan fingerprint density at radius 2 is 1.96 bits per heavy atom. The van der Waals surface area contributed by atoms with Crippen LogP contribution in [0.5, 0.6) is 0 Å². The van der Waals surface area contributed by atoms with Crippen LogP contribution in [-0.2, 0) is 14.3 Å². The number of amides is 1. The maximum atomic E-state index is 12.6. The number of ether oxygens (including phenoxy) is 1. The van der Waals surface area contributed by atoms with E-state index in [0.29, 0.717) is 38.6 Å². The summed E-state index contributed by atoms with van der Waals surface area (Å²) in [7, 11) is 0. The average molecular weight is 377 g/mol. The van der Waals surface area contributed by atoms with Gasteiger partial charge in [0.05, 0.1) is 13.2 Å². The van der Waals surface area contributed by atoms with Crippen LogP contribution in [0.4, 0.5) is 5.82 Å². The van der Waals surface area contributed by atoms with Gasteiger partial charge in [0.1, 0.15) is 5.82 Å². The molecule has 2 heterocycles. The molecule has 1 fully saturated rings. The van der Waals surface area contributed by atoms with Crippen molar-refractivity contribution >= 4 is 17.7 Å². The van der Waals surface area contributed by atoms with Crippen molar-refractivity contribution < 1.29 is 14.3 Å². The Balaban J connectivity index is 1.79. The molecule has 0 spiro atoms. The second kappa shape index (κ2) is 10.9. The summed E-state index contributed by atoms with van der Waals surface area (Å²) in [6.45, 7) is 11.0. The lowest BCUT2D eigenvalue weighted by Crippen LogP contribution is -2.49. The van der Waals surface area contributed by atoms with Crippen molar-refractivity contribution in [2.45, 2.75) is 27.2 Å². The number of aromatic nitrogens is 1. The normalized spacial score (nSPS) is 14.7. The van der Waals surface area contributed by atoms with Gasteiger partial charge in [0.25, 0.3) is 0 Å². The standard InChI is InChI=1S/C20H32N4O3/c1-4-27-20(26)16-22(15-17(2)3)10-8-19(25)24-13-11-23(12-14-24)18-7-5-6-9-21-18/h5-7,9,17H,4,8,10-16H2,1-3H3. The van der Waals surface area contributed by atoms with Crippen molar-refractivity contribution in [1.29, 1.82) is 0 Å². The van der Waals surface area contributed by atoms with Crippen LogP contribution in [-0.4, -0.2) is 79.1 Å². The first-order valence-electron chi connectivity index (χ1n) is 9.81. The first-order chi connectivity index (χ1) is 13.0. The summed E-state index contributed by atoms with van der Waals surface area (Å²) >= 11 is 0. The van der Waals surface area contributed by atoms with E-state index in [2.05, 4.69) is 23.7 Å². The summed E-state index contributed by atoms with van der Waals surface area (Å²) in [5, 5.41) is 0. The van der Waals surface area contributed by atoms with Crippen molar-refractivity contribution in [2.24, 2.45) is 5.92 Å². The summed E-state index contributed by atoms with van der Waals surface area (Å²) in [5.41, 5.74) is 0. The lowest BCUT2D eigenvalue weighted by molar-refractivity contribution is -0.145. The number of anilines is 1. The van der Waals surface area contributed by atoms with Crippen molar-refractivity contribution in [3.63, 3.8) is 0 Å². The van der Waals surface area contributed by atoms with Crippen molar-refractivity contribution in [2.75, 3.05) is 57.3 Å². The van der Waals surface area contributed by atoms with E-state index < -0.39 is 0 Å². The van der Waals surface area contributed by atoms with Crippen LogP contribution >= 0.6 is 0 Å². The van der Waals surface area contributed by atoms with E-state index in [1.54, 1.807) is 13.1 Å². The molecule has 0 atom stereocenters. The van der Waals surface area contributed by atoms with Gasteiger partial charge >= 0.3 is 5.97 Å². The third-order valence-electron chi connectivity index (χ3n) is 4.53. The van der Waals surface area contributed by atoms with Crippen molar-refractivity contribution in [1.82, 2.24) is 14.8 Å². The number of pyridine rings is 1. The van der Waals surface area contributed by atoms with Gasteiger partial charge in [0.15, 0.2) is 0 Å². The number of carbonyl (C=O) groups is 2. The summed E-state index contributed by atoms with van der Waals surface area (Å²) < 4.78 is 5.04. The number of carbonyl (C=O) groups excluding carboxylic acids is 2.